The van der Waals surface area contributed by atoms with Gasteiger partial charge in [-0.05, 0) is 50.1 Å². The summed E-state index contributed by atoms with van der Waals surface area (Å²) in [4.78, 5) is 118. The Kier molecular flexibility index (Phi) is 22.1. The molecule has 1 fully saturated rings. The molecule has 22 nitrogen and oxygen atoms in total. The van der Waals surface area contributed by atoms with Crippen LogP contribution in [0.5, 0.6) is 0 Å². The van der Waals surface area contributed by atoms with Crippen molar-refractivity contribution in [2.24, 2.45) is 17.4 Å². The summed E-state index contributed by atoms with van der Waals surface area (Å²) in [6, 6.07) is -3.01. The van der Waals surface area contributed by atoms with Gasteiger partial charge in [-0.25, -0.2) is 4.79 Å². The molecular formula is C38H59N9O13S. The van der Waals surface area contributed by atoms with E-state index in [1.165, 1.54) is 0 Å². The molecule has 0 aliphatic carbocycles. The summed E-state index contributed by atoms with van der Waals surface area (Å²) in [6.07, 6.45) is 0.423. The Morgan fingerprint density at radius 3 is 1.84 bits per heavy atom. The van der Waals surface area contributed by atoms with Gasteiger partial charge in [0, 0.05) is 18.7 Å². The summed E-state index contributed by atoms with van der Waals surface area (Å²) in [6.45, 7) is 1.99. The molecule has 0 saturated carbocycles. The van der Waals surface area contributed by atoms with Crippen LogP contribution in [0, 0.1) is 5.92 Å². The lowest BCUT2D eigenvalue weighted by molar-refractivity contribution is -0.144. The minimum atomic E-state index is -1.83. The van der Waals surface area contributed by atoms with Crippen LogP contribution in [-0.4, -0.2) is 159 Å². The number of carbonyl (C=O) groups excluding carboxylic acids is 7. The Hall–Kier alpha value is -5.36. The van der Waals surface area contributed by atoms with E-state index in [0.29, 0.717) is 31.4 Å². The highest BCUT2D eigenvalue weighted by Gasteiger charge is 2.40. The van der Waals surface area contributed by atoms with Crippen LogP contribution in [0.25, 0.3) is 0 Å². The van der Waals surface area contributed by atoms with Crippen molar-refractivity contribution in [1.29, 1.82) is 0 Å². The number of likely N-dealkylation sites (tertiary alicyclic amines) is 1. The zero-order valence-electron chi connectivity index (χ0n) is 34.1. The SMILES string of the molecule is CC(C)[C@H](N)C(=O)N[C@@H](CCCCN)C(=O)N[C@@H](CO)C(=O)N1CCC[C@H]1C(=O)N[C@@H](Cc1ccccc1)C(=O)N[C@@H](CC(=O)O)C(=O)N[C@@H](CS)C(=O)N[C@@H](CO)C(=O)O. The minimum Gasteiger partial charge on any atom is -0.481 e. The topological polar surface area (TPSA) is 362 Å². The average Bonchev–Trinajstić information content (AvgIpc) is 3.72. The normalized spacial score (nSPS) is 17.0. The van der Waals surface area contributed by atoms with Gasteiger partial charge in [0.1, 0.15) is 42.3 Å². The zero-order chi connectivity index (χ0) is 45.8. The van der Waals surface area contributed by atoms with Gasteiger partial charge < -0.3 is 68.7 Å². The summed E-state index contributed by atoms with van der Waals surface area (Å²) < 4.78 is 0. The Balaban J connectivity index is 2.31. The molecule has 0 unspecified atom stereocenters. The molecule has 340 valence electrons. The van der Waals surface area contributed by atoms with Gasteiger partial charge in [-0.1, -0.05) is 44.2 Å². The van der Waals surface area contributed by atoms with Crippen molar-refractivity contribution in [3.05, 3.63) is 35.9 Å². The number of hydrogen-bond donors (Lipinski definition) is 13. The lowest BCUT2D eigenvalue weighted by Gasteiger charge is -2.30. The second-order valence-electron chi connectivity index (χ2n) is 14.8. The van der Waals surface area contributed by atoms with Crippen LogP contribution in [0.3, 0.4) is 0 Å². The monoisotopic (exact) mass is 881 g/mol. The van der Waals surface area contributed by atoms with Gasteiger partial charge in [0.05, 0.1) is 25.7 Å². The predicted molar refractivity (Wildman–Crippen MR) is 220 cm³/mol. The number of carboxylic acids is 2. The summed E-state index contributed by atoms with van der Waals surface area (Å²) in [7, 11) is 0. The molecule has 1 aliphatic rings. The van der Waals surface area contributed by atoms with E-state index in [2.05, 4.69) is 39.2 Å². The number of thiol groups is 1. The molecule has 1 aliphatic heterocycles. The number of benzene rings is 1. The number of amides is 7. The fourth-order valence-corrected chi connectivity index (χ4v) is 6.46. The third kappa shape index (κ3) is 16.6. The molecule has 1 aromatic rings. The quantitative estimate of drug-likeness (QED) is 0.0309. The fraction of sp³-hybridized carbons (Fsp3) is 0.605. The van der Waals surface area contributed by atoms with Crippen molar-refractivity contribution >= 4 is 65.9 Å². The summed E-state index contributed by atoms with van der Waals surface area (Å²) in [5, 5.41) is 52.4. The standard InChI is InChI=1S/C38H59N9O13S/c1-20(2)30(40)36(57)41-22(11-6-7-13-39)31(52)44-25(17-48)37(58)47-14-8-12-28(47)35(56)43-23(15-21-9-4-3-5-10-21)32(53)42-24(16-29(50)51)33(54)46-27(19-61)34(55)45-26(18-49)38(59)60/h3-5,9-10,20,22-28,30,48-49,61H,6-8,11-19,39-40H2,1-2H3,(H,41,57)(H,42,53)(H,43,56)(H,44,52)(H,45,55)(H,46,54)(H,50,51)(H,59,60)/t22-,23-,24-,25-,26-,27-,28-,30-/m0/s1. The van der Waals surface area contributed by atoms with Gasteiger partial charge in [0.15, 0.2) is 0 Å². The first kappa shape index (κ1) is 51.8. The van der Waals surface area contributed by atoms with Crippen LogP contribution in [0.2, 0.25) is 0 Å². The van der Waals surface area contributed by atoms with Crippen molar-refractivity contribution in [3.8, 4) is 0 Å². The Morgan fingerprint density at radius 2 is 1.28 bits per heavy atom. The number of hydrogen-bond acceptors (Lipinski definition) is 14. The maximum Gasteiger partial charge on any atom is 0.328 e. The average molecular weight is 882 g/mol. The molecule has 0 aromatic heterocycles. The molecule has 1 aromatic carbocycles. The third-order valence-corrected chi connectivity index (χ3v) is 10.1. The first-order chi connectivity index (χ1) is 28.9. The third-order valence-electron chi connectivity index (χ3n) is 9.78. The Bertz CT molecular complexity index is 1690. The highest BCUT2D eigenvalue weighted by atomic mass is 32.1. The van der Waals surface area contributed by atoms with Crippen molar-refractivity contribution in [2.45, 2.75) is 107 Å². The first-order valence-electron chi connectivity index (χ1n) is 19.8. The van der Waals surface area contributed by atoms with Gasteiger partial charge in [0.25, 0.3) is 0 Å². The summed E-state index contributed by atoms with van der Waals surface area (Å²) in [5.41, 5.74) is 12.1. The van der Waals surface area contributed by atoms with Crippen LogP contribution < -0.4 is 43.4 Å². The fourth-order valence-electron chi connectivity index (χ4n) is 6.20. The van der Waals surface area contributed by atoms with Crippen LogP contribution in [-0.2, 0) is 49.6 Å². The van der Waals surface area contributed by atoms with Crippen LogP contribution in [0.15, 0.2) is 30.3 Å². The van der Waals surface area contributed by atoms with Gasteiger partial charge in [-0.2, -0.15) is 12.6 Å². The highest BCUT2D eigenvalue weighted by molar-refractivity contribution is 7.80. The zero-order valence-corrected chi connectivity index (χ0v) is 35.0. The largest absolute Gasteiger partial charge is 0.481 e. The van der Waals surface area contributed by atoms with E-state index in [-0.39, 0.29) is 31.7 Å². The van der Waals surface area contributed by atoms with Crippen molar-refractivity contribution in [1.82, 2.24) is 36.8 Å². The van der Waals surface area contributed by atoms with Gasteiger partial charge >= 0.3 is 11.9 Å². The molecule has 0 bridgehead atoms. The molecule has 23 heteroatoms. The minimum absolute atomic E-state index is 0.0327. The van der Waals surface area contributed by atoms with Crippen LogP contribution in [0.1, 0.15) is 57.9 Å². The number of carbonyl (C=O) groups is 9. The molecule has 0 spiro atoms. The van der Waals surface area contributed by atoms with Gasteiger partial charge in [-0.3, -0.25) is 38.4 Å². The number of aliphatic hydroxyl groups is 2. The number of carboxylic acid groups (broad SMARTS) is 2. The Labute approximate surface area is 358 Å². The van der Waals surface area contributed by atoms with E-state index in [0.717, 1.165) is 4.90 Å². The van der Waals surface area contributed by atoms with Gasteiger partial charge in [0.2, 0.25) is 41.4 Å². The predicted octanol–water partition coefficient (Wildman–Crippen LogP) is -4.29. The Morgan fingerprint density at radius 1 is 0.738 bits per heavy atom. The molecular weight excluding hydrogens is 823 g/mol. The van der Waals surface area contributed by atoms with Crippen LogP contribution >= 0.6 is 12.6 Å². The van der Waals surface area contributed by atoms with E-state index < -0.39 is 127 Å². The van der Waals surface area contributed by atoms with E-state index in [4.69, 9.17) is 16.6 Å². The van der Waals surface area contributed by atoms with E-state index >= 15 is 0 Å². The lowest BCUT2D eigenvalue weighted by Crippen LogP contribution is -2.61. The molecule has 7 amide bonds. The van der Waals surface area contributed by atoms with Crippen molar-refractivity contribution in [3.63, 3.8) is 0 Å². The van der Waals surface area contributed by atoms with Crippen molar-refractivity contribution in [2.75, 3.05) is 32.1 Å². The molecule has 14 N–H and O–H groups in total. The van der Waals surface area contributed by atoms with E-state index in [1.807, 2.05) is 5.32 Å². The maximum absolute atomic E-state index is 13.9. The van der Waals surface area contributed by atoms with Gasteiger partial charge in [-0.15, -0.1) is 0 Å². The molecule has 0 radical (unpaired) electrons. The first-order valence-corrected chi connectivity index (χ1v) is 20.4. The van der Waals surface area contributed by atoms with Crippen molar-refractivity contribution < 1.29 is 63.6 Å². The summed E-state index contributed by atoms with van der Waals surface area (Å²) >= 11 is 3.99. The number of aliphatic carboxylic acids is 2. The maximum atomic E-state index is 13.9. The van der Waals surface area contributed by atoms with Crippen LogP contribution in [0.4, 0.5) is 0 Å². The number of aliphatic hydroxyl groups excluding tert-OH is 2. The number of nitrogens with two attached hydrogens (primary N) is 2. The number of nitrogens with one attached hydrogen (secondary N) is 6. The van der Waals surface area contributed by atoms with E-state index in [1.54, 1.807) is 44.2 Å². The molecule has 2 rings (SSSR count). The summed E-state index contributed by atoms with van der Waals surface area (Å²) in [5.74, 6) is -10.00. The number of rotatable bonds is 26. The molecule has 1 saturated heterocycles. The lowest BCUT2D eigenvalue weighted by atomic mass is 10.0. The second-order valence-corrected chi connectivity index (χ2v) is 15.1. The molecule has 1 heterocycles. The smallest absolute Gasteiger partial charge is 0.328 e. The number of unbranched alkanes of at least 4 members (excludes halogenated alkanes) is 1. The van der Waals surface area contributed by atoms with E-state index in [9.17, 15) is 58.5 Å². The number of nitrogens with zero attached hydrogens (tertiary/aromatic N) is 1. The second kappa shape index (κ2) is 26.1. The molecule has 8 atom stereocenters. The molecule has 61 heavy (non-hydrogen) atoms. The highest BCUT2D eigenvalue weighted by Crippen LogP contribution is 2.20.